The lowest BCUT2D eigenvalue weighted by molar-refractivity contribution is -0.0885. The van der Waals surface area contributed by atoms with Crippen molar-refractivity contribution in [3.63, 3.8) is 0 Å². The van der Waals surface area contributed by atoms with Gasteiger partial charge in [0.15, 0.2) is 0 Å². The first-order valence-corrected chi connectivity index (χ1v) is 4.51. The molecule has 0 aromatic heterocycles. The maximum atomic E-state index is 12.3. The van der Waals surface area contributed by atoms with Crippen molar-refractivity contribution in [3.8, 4) is 0 Å². The van der Waals surface area contributed by atoms with Crippen LogP contribution in [0.2, 0.25) is 0 Å². The van der Waals surface area contributed by atoms with Crippen LogP contribution in [0, 0.1) is 0 Å². The summed E-state index contributed by atoms with van der Waals surface area (Å²) in [5.41, 5.74) is 5.02. The third-order valence-electron chi connectivity index (χ3n) is 2.03. The molecule has 6 heteroatoms. The van der Waals surface area contributed by atoms with Gasteiger partial charge in [-0.25, -0.2) is 0 Å². The summed E-state index contributed by atoms with van der Waals surface area (Å²) in [6.07, 6.45) is -4.90. The molecule has 1 aromatic carbocycles. The predicted molar refractivity (Wildman–Crippen MR) is 54.0 cm³/mol. The van der Waals surface area contributed by atoms with E-state index >= 15 is 0 Å². The number of carbonyl (C=O) groups excluding carboxylic acids is 1. The van der Waals surface area contributed by atoms with Crippen molar-refractivity contribution in [1.82, 2.24) is 5.32 Å². The fraction of sp³-hybridized carbons (Fsp3) is 0.300. The highest BCUT2D eigenvalue weighted by Crippen LogP contribution is 2.27. The van der Waals surface area contributed by atoms with E-state index in [1.165, 1.54) is 18.2 Å². The van der Waals surface area contributed by atoms with Crippen LogP contribution >= 0.6 is 0 Å². The molecule has 0 aliphatic heterocycles. The Morgan fingerprint density at radius 3 is 2.56 bits per heavy atom. The Kier molecular flexibility index (Phi) is 3.54. The second kappa shape index (κ2) is 4.52. The molecule has 0 bridgehead atoms. The molecule has 1 rings (SSSR count). The predicted octanol–water partition coefficient (Wildman–Crippen LogP) is 1.73. The zero-order chi connectivity index (χ0) is 12.3. The maximum absolute atomic E-state index is 12.3. The van der Waals surface area contributed by atoms with E-state index in [4.69, 9.17) is 5.73 Å². The standard InChI is InChI=1S/C10H11F3N2O/c1-15-5-6-3-2-4-7(14)8(6)9(16)10(11,12)13/h2-4,15H,5,14H2,1H3. The van der Waals surface area contributed by atoms with Gasteiger partial charge < -0.3 is 11.1 Å². The summed E-state index contributed by atoms with van der Waals surface area (Å²) < 4.78 is 36.9. The van der Waals surface area contributed by atoms with Crippen molar-refractivity contribution < 1.29 is 18.0 Å². The minimum absolute atomic E-state index is 0.155. The molecular weight excluding hydrogens is 221 g/mol. The lowest BCUT2D eigenvalue weighted by Gasteiger charge is -2.12. The zero-order valence-corrected chi connectivity index (χ0v) is 8.56. The molecule has 0 unspecified atom stereocenters. The number of hydrogen-bond donors (Lipinski definition) is 2. The molecule has 1 aromatic rings. The molecule has 0 aliphatic rings. The SMILES string of the molecule is CNCc1cccc(N)c1C(=O)C(F)(F)F. The Bertz CT molecular complexity index is 402. The van der Waals surface area contributed by atoms with E-state index in [1.807, 2.05) is 0 Å². The maximum Gasteiger partial charge on any atom is 0.454 e. The van der Waals surface area contributed by atoms with Crippen LogP contribution < -0.4 is 11.1 Å². The van der Waals surface area contributed by atoms with Gasteiger partial charge in [0.2, 0.25) is 0 Å². The number of halogens is 3. The highest BCUT2D eigenvalue weighted by atomic mass is 19.4. The average Bonchev–Trinajstić information content (AvgIpc) is 2.16. The molecule has 0 amide bonds. The molecule has 0 fully saturated rings. The highest BCUT2D eigenvalue weighted by molar-refractivity contribution is 6.05. The minimum Gasteiger partial charge on any atom is -0.398 e. The second-order valence-corrected chi connectivity index (χ2v) is 3.24. The normalized spacial score (nSPS) is 11.5. The smallest absolute Gasteiger partial charge is 0.398 e. The molecule has 0 saturated heterocycles. The van der Waals surface area contributed by atoms with Crippen molar-refractivity contribution in [1.29, 1.82) is 0 Å². The van der Waals surface area contributed by atoms with Crippen LogP contribution in [-0.4, -0.2) is 19.0 Å². The van der Waals surface area contributed by atoms with Gasteiger partial charge in [0, 0.05) is 12.2 Å². The van der Waals surface area contributed by atoms with Crippen molar-refractivity contribution in [2.75, 3.05) is 12.8 Å². The van der Waals surface area contributed by atoms with E-state index < -0.39 is 17.5 Å². The zero-order valence-electron chi connectivity index (χ0n) is 8.56. The van der Waals surface area contributed by atoms with Crippen molar-refractivity contribution >= 4 is 11.5 Å². The molecule has 0 heterocycles. The first kappa shape index (κ1) is 12.5. The summed E-state index contributed by atoms with van der Waals surface area (Å²) in [5, 5.41) is 2.68. The van der Waals surface area contributed by atoms with Crippen molar-refractivity contribution in [2.45, 2.75) is 12.7 Å². The molecule has 3 nitrogen and oxygen atoms in total. The van der Waals surface area contributed by atoms with Gasteiger partial charge in [0.1, 0.15) is 0 Å². The quantitative estimate of drug-likeness (QED) is 0.616. The summed E-state index contributed by atoms with van der Waals surface area (Å²) >= 11 is 0. The molecule has 88 valence electrons. The van der Waals surface area contributed by atoms with Crippen LogP contribution in [0.25, 0.3) is 0 Å². The summed E-state index contributed by atoms with van der Waals surface area (Å²) in [4.78, 5) is 11.1. The topological polar surface area (TPSA) is 55.1 Å². The van der Waals surface area contributed by atoms with Crippen LogP contribution in [0.3, 0.4) is 0 Å². The van der Waals surface area contributed by atoms with Gasteiger partial charge in [0.05, 0.1) is 5.56 Å². The number of Topliss-reactive ketones (excluding diaryl/α,β-unsaturated/α-hetero) is 1. The monoisotopic (exact) mass is 232 g/mol. The molecular formula is C10H11F3N2O. The molecule has 0 spiro atoms. The van der Waals surface area contributed by atoms with Crippen LogP contribution in [0.5, 0.6) is 0 Å². The van der Waals surface area contributed by atoms with E-state index in [2.05, 4.69) is 5.32 Å². The van der Waals surface area contributed by atoms with Gasteiger partial charge >= 0.3 is 6.18 Å². The molecule has 0 radical (unpaired) electrons. The molecule has 0 atom stereocenters. The van der Waals surface area contributed by atoms with E-state index in [0.717, 1.165) is 0 Å². The number of ketones is 1. The van der Waals surface area contributed by atoms with Crippen LogP contribution in [0.1, 0.15) is 15.9 Å². The summed E-state index contributed by atoms with van der Waals surface area (Å²) in [6, 6.07) is 4.22. The Hall–Kier alpha value is -1.56. The van der Waals surface area contributed by atoms with E-state index in [0.29, 0.717) is 0 Å². The Balaban J connectivity index is 3.25. The lowest BCUT2D eigenvalue weighted by atomic mass is 10.0. The van der Waals surface area contributed by atoms with Crippen molar-refractivity contribution in [3.05, 3.63) is 29.3 Å². The number of nitrogens with one attached hydrogen (secondary N) is 1. The van der Waals surface area contributed by atoms with Crippen LogP contribution in [0.4, 0.5) is 18.9 Å². The minimum atomic E-state index is -4.90. The number of alkyl halides is 3. The first-order chi connectivity index (χ1) is 7.38. The molecule has 16 heavy (non-hydrogen) atoms. The first-order valence-electron chi connectivity index (χ1n) is 4.51. The van der Waals surface area contributed by atoms with Crippen LogP contribution in [0.15, 0.2) is 18.2 Å². The third kappa shape index (κ3) is 2.52. The number of benzene rings is 1. The second-order valence-electron chi connectivity index (χ2n) is 3.24. The average molecular weight is 232 g/mol. The summed E-state index contributed by atoms with van der Waals surface area (Å²) in [7, 11) is 1.57. The van der Waals surface area contributed by atoms with Crippen LogP contribution in [-0.2, 0) is 6.54 Å². The van der Waals surface area contributed by atoms with E-state index in [9.17, 15) is 18.0 Å². The molecule has 3 N–H and O–H groups in total. The van der Waals surface area contributed by atoms with Gasteiger partial charge in [-0.05, 0) is 18.7 Å². The Labute approximate surface area is 90.4 Å². The number of nitrogens with two attached hydrogens (primary N) is 1. The molecule has 0 aliphatic carbocycles. The van der Waals surface area contributed by atoms with E-state index in [-0.39, 0.29) is 17.8 Å². The van der Waals surface area contributed by atoms with Gasteiger partial charge in [-0.15, -0.1) is 0 Å². The number of anilines is 1. The summed E-state index contributed by atoms with van der Waals surface area (Å²) in [6.45, 7) is 0.155. The van der Waals surface area contributed by atoms with E-state index in [1.54, 1.807) is 7.05 Å². The molecule has 0 saturated carbocycles. The summed E-state index contributed by atoms with van der Waals surface area (Å²) in [5.74, 6) is -1.91. The lowest BCUT2D eigenvalue weighted by Crippen LogP contribution is -2.26. The van der Waals surface area contributed by atoms with Gasteiger partial charge in [-0.1, -0.05) is 12.1 Å². The van der Waals surface area contributed by atoms with Gasteiger partial charge in [-0.3, -0.25) is 4.79 Å². The Morgan fingerprint density at radius 1 is 1.44 bits per heavy atom. The number of carbonyl (C=O) groups is 1. The number of nitrogen functional groups attached to an aromatic ring is 1. The highest BCUT2D eigenvalue weighted by Gasteiger charge is 2.41. The van der Waals surface area contributed by atoms with Crippen molar-refractivity contribution in [2.24, 2.45) is 0 Å². The number of rotatable bonds is 3. The fourth-order valence-electron chi connectivity index (χ4n) is 1.38. The van der Waals surface area contributed by atoms with Gasteiger partial charge in [-0.2, -0.15) is 13.2 Å². The largest absolute Gasteiger partial charge is 0.454 e. The number of hydrogen-bond acceptors (Lipinski definition) is 3. The Morgan fingerprint density at radius 2 is 2.06 bits per heavy atom. The van der Waals surface area contributed by atoms with Gasteiger partial charge in [0.25, 0.3) is 5.78 Å². The third-order valence-corrected chi connectivity index (χ3v) is 2.03. The fourth-order valence-corrected chi connectivity index (χ4v) is 1.38.